The van der Waals surface area contributed by atoms with Gasteiger partial charge in [-0.25, -0.2) is 0 Å². The van der Waals surface area contributed by atoms with Crippen molar-refractivity contribution in [2.24, 2.45) is 5.92 Å². The summed E-state index contributed by atoms with van der Waals surface area (Å²) in [6.07, 6.45) is 1.88. The van der Waals surface area contributed by atoms with Crippen LogP contribution in [-0.4, -0.2) is 41.5 Å². The molecule has 2 amide bonds. The molecule has 1 fully saturated rings. The van der Waals surface area contributed by atoms with Crippen molar-refractivity contribution in [3.8, 4) is 0 Å². The second-order valence-corrected chi connectivity index (χ2v) is 6.45. The van der Waals surface area contributed by atoms with Gasteiger partial charge in [-0.05, 0) is 36.5 Å². The number of carbonyl (C=O) groups excluding carboxylic acids is 2. The minimum Gasteiger partial charge on any atom is -0.396 e. The smallest absolute Gasteiger partial charge is 0.224 e. The zero-order chi connectivity index (χ0) is 16.8. The van der Waals surface area contributed by atoms with Gasteiger partial charge < -0.3 is 15.3 Å². The van der Waals surface area contributed by atoms with Gasteiger partial charge in [-0.1, -0.05) is 23.7 Å². The van der Waals surface area contributed by atoms with E-state index in [1.807, 2.05) is 17.0 Å². The Morgan fingerprint density at radius 1 is 1.30 bits per heavy atom. The van der Waals surface area contributed by atoms with Crippen LogP contribution in [0.5, 0.6) is 0 Å². The van der Waals surface area contributed by atoms with Gasteiger partial charge in [-0.2, -0.15) is 0 Å². The highest BCUT2D eigenvalue weighted by Gasteiger charge is 2.25. The maximum absolute atomic E-state index is 12.5. The average Bonchev–Trinajstić information content (AvgIpc) is 2.54. The first-order valence-electron chi connectivity index (χ1n) is 7.90. The summed E-state index contributed by atoms with van der Waals surface area (Å²) in [5, 5.41) is 12.6. The lowest BCUT2D eigenvalue weighted by atomic mass is 9.96. The molecule has 1 atom stereocenters. The van der Waals surface area contributed by atoms with E-state index in [1.165, 1.54) is 6.92 Å². The first-order valence-corrected chi connectivity index (χ1v) is 8.28. The van der Waals surface area contributed by atoms with Gasteiger partial charge in [0.25, 0.3) is 0 Å². The molecule has 1 aromatic carbocycles. The fraction of sp³-hybridized carbons (Fsp3) is 0.529. The first kappa shape index (κ1) is 17.8. The van der Waals surface area contributed by atoms with E-state index in [0.29, 0.717) is 24.0 Å². The van der Waals surface area contributed by atoms with Crippen LogP contribution in [0.1, 0.15) is 37.8 Å². The third-order valence-corrected chi connectivity index (χ3v) is 4.51. The lowest BCUT2D eigenvalue weighted by molar-refractivity contribution is -0.133. The Hall–Kier alpha value is -1.59. The van der Waals surface area contributed by atoms with Crippen LogP contribution in [0.3, 0.4) is 0 Å². The van der Waals surface area contributed by atoms with Crippen molar-refractivity contribution in [3.05, 3.63) is 34.9 Å². The average molecular weight is 339 g/mol. The molecule has 2 N–H and O–H groups in total. The van der Waals surface area contributed by atoms with Gasteiger partial charge in [0.1, 0.15) is 0 Å². The Balaban J connectivity index is 2.01. The van der Waals surface area contributed by atoms with Crippen molar-refractivity contribution in [1.29, 1.82) is 0 Å². The third kappa shape index (κ3) is 5.22. The highest BCUT2D eigenvalue weighted by molar-refractivity contribution is 6.30. The zero-order valence-corrected chi connectivity index (χ0v) is 14.1. The first-order chi connectivity index (χ1) is 11.0. The molecule has 0 spiro atoms. The van der Waals surface area contributed by atoms with Gasteiger partial charge in [0.2, 0.25) is 11.8 Å². The molecule has 1 heterocycles. The van der Waals surface area contributed by atoms with Gasteiger partial charge in [0.15, 0.2) is 0 Å². The molecule has 1 aromatic rings. The fourth-order valence-corrected chi connectivity index (χ4v) is 2.99. The van der Waals surface area contributed by atoms with E-state index in [9.17, 15) is 9.59 Å². The summed E-state index contributed by atoms with van der Waals surface area (Å²) in [4.78, 5) is 25.8. The van der Waals surface area contributed by atoms with Crippen LogP contribution in [-0.2, 0) is 9.59 Å². The van der Waals surface area contributed by atoms with Crippen LogP contribution < -0.4 is 5.32 Å². The topological polar surface area (TPSA) is 69.6 Å². The molecule has 0 bridgehead atoms. The third-order valence-electron chi connectivity index (χ3n) is 4.25. The molecule has 1 unspecified atom stereocenters. The van der Waals surface area contributed by atoms with Crippen LogP contribution in [0.25, 0.3) is 0 Å². The number of hydrogen-bond donors (Lipinski definition) is 2. The van der Waals surface area contributed by atoms with Crippen molar-refractivity contribution in [1.82, 2.24) is 10.2 Å². The molecule has 0 aliphatic carbocycles. The minimum atomic E-state index is -0.354. The number of halogens is 1. The summed E-state index contributed by atoms with van der Waals surface area (Å²) < 4.78 is 0. The maximum Gasteiger partial charge on any atom is 0.224 e. The molecule has 1 aliphatic heterocycles. The molecule has 0 aromatic heterocycles. The fourth-order valence-electron chi connectivity index (χ4n) is 2.86. The van der Waals surface area contributed by atoms with Crippen molar-refractivity contribution < 1.29 is 14.7 Å². The summed E-state index contributed by atoms with van der Waals surface area (Å²) in [7, 11) is 0. The minimum absolute atomic E-state index is 0.0232. The number of nitrogens with one attached hydrogen (secondary N) is 1. The summed E-state index contributed by atoms with van der Waals surface area (Å²) in [5.41, 5.74) is 0.864. The highest BCUT2D eigenvalue weighted by atomic mass is 35.5. The van der Waals surface area contributed by atoms with Crippen LogP contribution in [0.4, 0.5) is 0 Å². The molecule has 2 rings (SSSR count). The monoisotopic (exact) mass is 338 g/mol. The summed E-state index contributed by atoms with van der Waals surface area (Å²) in [6.45, 7) is 2.95. The quantitative estimate of drug-likeness (QED) is 0.864. The molecule has 1 saturated heterocycles. The van der Waals surface area contributed by atoms with E-state index >= 15 is 0 Å². The number of nitrogens with zero attached hydrogens (tertiary/aromatic N) is 1. The number of hydrogen-bond acceptors (Lipinski definition) is 3. The Labute approximate surface area is 141 Å². The summed E-state index contributed by atoms with van der Waals surface area (Å²) >= 11 is 5.89. The van der Waals surface area contributed by atoms with Crippen molar-refractivity contribution in [2.45, 2.75) is 32.2 Å². The number of carbonyl (C=O) groups is 2. The predicted molar refractivity (Wildman–Crippen MR) is 89.0 cm³/mol. The zero-order valence-electron chi connectivity index (χ0n) is 13.3. The van der Waals surface area contributed by atoms with E-state index in [4.69, 9.17) is 16.7 Å². The number of amides is 2. The van der Waals surface area contributed by atoms with Crippen LogP contribution >= 0.6 is 11.6 Å². The van der Waals surface area contributed by atoms with E-state index in [1.54, 1.807) is 12.1 Å². The Morgan fingerprint density at radius 2 is 1.91 bits per heavy atom. The van der Waals surface area contributed by atoms with Crippen LogP contribution in [0.15, 0.2) is 24.3 Å². The Bertz CT molecular complexity index is 539. The lowest BCUT2D eigenvalue weighted by Crippen LogP contribution is -2.41. The molecule has 0 saturated carbocycles. The Kier molecular flexibility index (Phi) is 6.42. The van der Waals surface area contributed by atoms with Gasteiger partial charge in [0.05, 0.1) is 12.5 Å². The van der Waals surface area contributed by atoms with Crippen LogP contribution in [0.2, 0.25) is 5.02 Å². The largest absolute Gasteiger partial charge is 0.396 e. The van der Waals surface area contributed by atoms with Gasteiger partial charge in [-0.3, -0.25) is 9.59 Å². The lowest BCUT2D eigenvalue weighted by Gasteiger charge is -2.32. The standard InChI is InChI=1S/C17H23ClN2O3/c1-12(22)19-16(14-2-4-15(18)5-3-14)10-17(23)20-8-6-13(11-21)7-9-20/h2-5,13,16,21H,6-11H2,1H3,(H,19,22). The number of rotatable bonds is 5. The second-order valence-electron chi connectivity index (χ2n) is 6.02. The molecule has 0 radical (unpaired) electrons. The van der Waals surface area contributed by atoms with Crippen LogP contribution in [0, 0.1) is 5.92 Å². The van der Waals surface area contributed by atoms with E-state index in [0.717, 1.165) is 18.4 Å². The number of likely N-dealkylation sites (tertiary alicyclic amines) is 1. The SMILES string of the molecule is CC(=O)NC(CC(=O)N1CCC(CO)CC1)c1ccc(Cl)cc1. The van der Waals surface area contributed by atoms with E-state index in [2.05, 4.69) is 5.32 Å². The molecular weight excluding hydrogens is 316 g/mol. The molecule has 1 aliphatic rings. The second kappa shape index (κ2) is 8.31. The van der Waals surface area contributed by atoms with Gasteiger partial charge in [0, 0.05) is 31.6 Å². The van der Waals surface area contributed by atoms with Gasteiger partial charge in [-0.15, -0.1) is 0 Å². The summed E-state index contributed by atoms with van der Waals surface area (Å²) in [5.74, 6) is 0.147. The number of aliphatic hydroxyl groups excluding tert-OH is 1. The highest BCUT2D eigenvalue weighted by Crippen LogP contribution is 2.23. The molecule has 5 nitrogen and oxygen atoms in total. The summed E-state index contributed by atoms with van der Waals surface area (Å²) in [6, 6.07) is 6.81. The molecular formula is C17H23ClN2O3. The number of piperidine rings is 1. The van der Waals surface area contributed by atoms with Gasteiger partial charge >= 0.3 is 0 Å². The molecule has 6 heteroatoms. The molecule has 23 heavy (non-hydrogen) atoms. The Morgan fingerprint density at radius 3 is 2.43 bits per heavy atom. The van der Waals surface area contributed by atoms with Crippen molar-refractivity contribution >= 4 is 23.4 Å². The van der Waals surface area contributed by atoms with E-state index < -0.39 is 0 Å². The number of aliphatic hydroxyl groups is 1. The number of benzene rings is 1. The normalized spacial score (nSPS) is 16.9. The molecule has 126 valence electrons. The van der Waals surface area contributed by atoms with E-state index in [-0.39, 0.29) is 30.9 Å². The van der Waals surface area contributed by atoms with Crippen molar-refractivity contribution in [3.63, 3.8) is 0 Å². The predicted octanol–water partition coefficient (Wildman–Crippen LogP) is 2.14. The maximum atomic E-state index is 12.5. The van der Waals surface area contributed by atoms with Crippen molar-refractivity contribution in [2.75, 3.05) is 19.7 Å².